The number of benzene rings is 1. The van der Waals surface area contributed by atoms with Gasteiger partial charge >= 0.3 is 0 Å². The molecule has 2 aromatic heterocycles. The summed E-state index contributed by atoms with van der Waals surface area (Å²) in [5.74, 6) is 0. The van der Waals surface area contributed by atoms with E-state index in [9.17, 15) is 0 Å². The fourth-order valence-corrected chi connectivity index (χ4v) is 5.76. The van der Waals surface area contributed by atoms with Gasteiger partial charge in [-0.25, -0.2) is 0 Å². The molecule has 0 spiro atoms. The first-order valence-electron chi connectivity index (χ1n) is 12.7. The Morgan fingerprint density at radius 1 is 1.06 bits per heavy atom. The molecule has 1 aromatic carbocycles. The van der Waals surface area contributed by atoms with Gasteiger partial charge in [-0.2, -0.15) is 0 Å². The molecule has 0 amide bonds. The van der Waals surface area contributed by atoms with Gasteiger partial charge in [0.1, 0.15) is 0 Å². The minimum Gasteiger partial charge on any atom is -0.378 e. The predicted octanol–water partition coefficient (Wildman–Crippen LogP) is 5.10. The van der Waals surface area contributed by atoms with Crippen molar-refractivity contribution in [2.24, 2.45) is 0 Å². The number of unbranched alkanes of at least 4 members (excludes halogenated alkanes) is 1. The molecule has 184 valence electrons. The Balaban J connectivity index is 1.50. The molecule has 2 fully saturated rings. The van der Waals surface area contributed by atoms with Crippen LogP contribution in [0, 0.1) is 13.8 Å². The van der Waals surface area contributed by atoms with Gasteiger partial charge in [0.25, 0.3) is 0 Å². The summed E-state index contributed by atoms with van der Waals surface area (Å²) in [5, 5.41) is 4.41. The summed E-state index contributed by atoms with van der Waals surface area (Å²) in [6.07, 6.45) is 4.11. The highest BCUT2D eigenvalue weighted by molar-refractivity contribution is 7.80. The minimum absolute atomic E-state index is 0.0261. The van der Waals surface area contributed by atoms with Gasteiger partial charge in [0.2, 0.25) is 0 Å². The molecular formula is C28H35N5OS. The lowest BCUT2D eigenvalue weighted by atomic mass is 9.96. The number of morpholine rings is 1. The van der Waals surface area contributed by atoms with Gasteiger partial charge in [-0.3, -0.25) is 4.98 Å². The second kappa shape index (κ2) is 10.4. The summed E-state index contributed by atoms with van der Waals surface area (Å²) >= 11 is 5.83. The first-order chi connectivity index (χ1) is 17.1. The van der Waals surface area contributed by atoms with E-state index in [1.807, 2.05) is 12.3 Å². The van der Waals surface area contributed by atoms with Crippen molar-refractivity contribution in [2.75, 3.05) is 37.7 Å². The van der Waals surface area contributed by atoms with Crippen LogP contribution in [-0.4, -0.2) is 52.4 Å². The summed E-state index contributed by atoms with van der Waals surface area (Å²) in [7, 11) is 0. The van der Waals surface area contributed by atoms with E-state index in [0.717, 1.165) is 56.5 Å². The van der Waals surface area contributed by atoms with Crippen LogP contribution in [0.4, 0.5) is 5.69 Å². The number of aromatic nitrogens is 2. The van der Waals surface area contributed by atoms with Crippen LogP contribution in [-0.2, 0) is 4.74 Å². The van der Waals surface area contributed by atoms with Gasteiger partial charge in [0.15, 0.2) is 5.11 Å². The third-order valence-electron chi connectivity index (χ3n) is 7.22. The summed E-state index contributed by atoms with van der Waals surface area (Å²) in [6.45, 7) is 11.1. The minimum atomic E-state index is 0.0261. The maximum Gasteiger partial charge on any atom is 0.170 e. The Morgan fingerprint density at radius 3 is 2.49 bits per heavy atom. The number of thiocarbonyl (C=S) groups is 1. The zero-order chi connectivity index (χ0) is 24.4. The summed E-state index contributed by atoms with van der Waals surface area (Å²) < 4.78 is 7.88. The van der Waals surface area contributed by atoms with Crippen molar-refractivity contribution in [2.45, 2.75) is 45.7 Å². The molecule has 0 aliphatic carbocycles. The van der Waals surface area contributed by atoms with E-state index < -0.39 is 0 Å². The molecule has 35 heavy (non-hydrogen) atoms. The molecule has 0 bridgehead atoms. The fraction of sp³-hybridized carbons (Fsp3) is 0.429. The van der Waals surface area contributed by atoms with Crippen molar-refractivity contribution in [1.29, 1.82) is 0 Å². The highest BCUT2D eigenvalue weighted by atomic mass is 32.1. The number of nitrogens with zero attached hydrogens (tertiary/aromatic N) is 4. The highest BCUT2D eigenvalue weighted by Crippen LogP contribution is 2.41. The number of pyridine rings is 1. The Hall–Kier alpha value is -2.90. The lowest BCUT2D eigenvalue weighted by Gasteiger charge is -2.29. The lowest BCUT2D eigenvalue weighted by Crippen LogP contribution is -2.36. The number of hydrogen-bond donors (Lipinski definition) is 1. The largest absolute Gasteiger partial charge is 0.378 e. The number of hydrogen-bond acceptors (Lipinski definition) is 4. The third kappa shape index (κ3) is 4.67. The van der Waals surface area contributed by atoms with Crippen molar-refractivity contribution in [3.8, 4) is 5.69 Å². The Kier molecular flexibility index (Phi) is 7.07. The first-order valence-corrected chi connectivity index (χ1v) is 13.1. The van der Waals surface area contributed by atoms with Crippen molar-refractivity contribution in [1.82, 2.24) is 19.8 Å². The van der Waals surface area contributed by atoms with E-state index in [1.165, 1.54) is 28.3 Å². The number of ether oxygens (including phenoxy) is 1. The van der Waals surface area contributed by atoms with E-state index in [-0.39, 0.29) is 12.1 Å². The van der Waals surface area contributed by atoms with Gasteiger partial charge in [-0.05, 0) is 80.5 Å². The number of nitrogens with one attached hydrogen (secondary N) is 1. The summed E-state index contributed by atoms with van der Waals surface area (Å²) in [4.78, 5) is 9.45. The van der Waals surface area contributed by atoms with Crippen molar-refractivity contribution in [3.63, 3.8) is 0 Å². The second-order valence-corrected chi connectivity index (χ2v) is 9.84. The van der Waals surface area contributed by atoms with E-state index >= 15 is 0 Å². The zero-order valence-corrected chi connectivity index (χ0v) is 21.7. The van der Waals surface area contributed by atoms with Crippen LogP contribution < -0.4 is 10.2 Å². The van der Waals surface area contributed by atoms with E-state index in [4.69, 9.17) is 17.0 Å². The Morgan fingerprint density at radius 2 is 1.80 bits per heavy atom. The Labute approximate surface area is 213 Å². The van der Waals surface area contributed by atoms with Gasteiger partial charge in [-0.15, -0.1) is 0 Å². The molecule has 1 N–H and O–H groups in total. The molecule has 4 heterocycles. The predicted molar refractivity (Wildman–Crippen MR) is 145 cm³/mol. The molecule has 0 radical (unpaired) electrons. The lowest BCUT2D eigenvalue weighted by molar-refractivity contribution is 0.122. The molecule has 2 saturated heterocycles. The van der Waals surface area contributed by atoms with Crippen LogP contribution in [0.3, 0.4) is 0 Å². The van der Waals surface area contributed by atoms with Crippen LogP contribution >= 0.6 is 12.2 Å². The number of anilines is 1. The monoisotopic (exact) mass is 489 g/mol. The smallest absolute Gasteiger partial charge is 0.170 e. The molecule has 6 nitrogen and oxygen atoms in total. The van der Waals surface area contributed by atoms with Gasteiger partial charge < -0.3 is 24.4 Å². The summed E-state index contributed by atoms with van der Waals surface area (Å²) in [5.41, 5.74) is 7.25. The third-order valence-corrected chi connectivity index (χ3v) is 7.58. The molecule has 7 heteroatoms. The second-order valence-electron chi connectivity index (χ2n) is 9.45. The quantitative estimate of drug-likeness (QED) is 0.466. The van der Waals surface area contributed by atoms with Crippen molar-refractivity contribution < 1.29 is 4.74 Å². The topological polar surface area (TPSA) is 45.6 Å². The number of rotatable bonds is 7. The molecule has 3 aromatic rings. The highest BCUT2D eigenvalue weighted by Gasteiger charge is 2.41. The van der Waals surface area contributed by atoms with E-state index in [2.05, 4.69) is 87.9 Å². The van der Waals surface area contributed by atoms with E-state index in [1.54, 1.807) is 0 Å². The normalized spacial score (nSPS) is 20.4. The van der Waals surface area contributed by atoms with Crippen LogP contribution in [0.15, 0.2) is 54.7 Å². The van der Waals surface area contributed by atoms with Gasteiger partial charge in [0.05, 0.1) is 31.0 Å². The average molecular weight is 490 g/mol. The van der Waals surface area contributed by atoms with Crippen LogP contribution in [0.1, 0.15) is 54.5 Å². The van der Waals surface area contributed by atoms with Crippen LogP contribution in [0.2, 0.25) is 0 Å². The van der Waals surface area contributed by atoms with Gasteiger partial charge in [-0.1, -0.05) is 19.4 Å². The summed E-state index contributed by atoms with van der Waals surface area (Å²) in [6, 6.07) is 17.5. The zero-order valence-electron chi connectivity index (χ0n) is 20.9. The maximum absolute atomic E-state index is 5.83. The molecule has 2 aliphatic heterocycles. The molecule has 2 aliphatic rings. The van der Waals surface area contributed by atoms with Crippen LogP contribution in [0.25, 0.3) is 5.69 Å². The molecular weight excluding hydrogens is 454 g/mol. The van der Waals surface area contributed by atoms with E-state index in [0.29, 0.717) is 0 Å². The first kappa shape index (κ1) is 23.8. The van der Waals surface area contributed by atoms with Crippen molar-refractivity contribution >= 4 is 23.0 Å². The maximum atomic E-state index is 5.83. The molecule has 2 atom stereocenters. The Bertz CT molecular complexity index is 1150. The average Bonchev–Trinajstić information content (AvgIpc) is 3.38. The number of aryl methyl sites for hydroxylation is 1. The van der Waals surface area contributed by atoms with Crippen molar-refractivity contribution in [3.05, 3.63) is 77.4 Å². The van der Waals surface area contributed by atoms with Gasteiger partial charge in [0, 0.05) is 48.6 Å². The fourth-order valence-electron chi connectivity index (χ4n) is 5.43. The standard InChI is InChI=1S/C28H35N5OS/c1-4-5-14-32-27(26(30-28(32)35)25-8-6-7-13-29-25)24-19-20(2)33(21(24)3)23-11-9-22(10-12-23)31-15-17-34-18-16-31/h6-13,19,26-27H,4-5,14-18H2,1-3H3,(H,30,35)/t26-,27-/m1/s1. The molecule has 5 rings (SSSR count). The van der Waals surface area contributed by atoms with Crippen LogP contribution in [0.5, 0.6) is 0 Å². The SMILES string of the molecule is CCCCN1C(=S)N[C@H](c2ccccn2)[C@H]1c1cc(C)n(-c2ccc(N3CCOCC3)cc2)c1C. The molecule has 0 unspecified atom stereocenters. The molecule has 0 saturated carbocycles.